The maximum absolute atomic E-state index is 12.8. The van der Waals surface area contributed by atoms with Gasteiger partial charge in [-0.05, 0) is 38.5 Å². The van der Waals surface area contributed by atoms with Crippen LogP contribution in [0.5, 0.6) is 0 Å². The van der Waals surface area contributed by atoms with E-state index in [1.54, 1.807) is 0 Å². The molecule has 0 bridgehead atoms. The molecule has 55 heavy (non-hydrogen) atoms. The molecule has 0 spiro atoms. The van der Waals surface area contributed by atoms with Gasteiger partial charge in [0.15, 0.2) is 6.10 Å². The minimum absolute atomic E-state index is 0.0905. The Balaban J connectivity index is 2.50. The van der Waals surface area contributed by atoms with Gasteiger partial charge in [-0.2, -0.15) is 0 Å². The smallest absolute Gasteiger partial charge is 0.462 e. The Bertz CT molecular complexity index is 1030. The number of phosphoric ester groups is 1. The molecule has 324 valence electrons. The number of hydrogen-bond acceptors (Lipinski definition) is 12. The lowest BCUT2D eigenvalue weighted by atomic mass is 9.85. The molecule has 1 fully saturated rings. The Labute approximate surface area is 331 Å². The molecule has 8 atom stereocenters. The first-order chi connectivity index (χ1) is 26.4. The third kappa shape index (κ3) is 25.5. The Kier molecular flexibility index (Phi) is 30.5. The fraction of sp³-hybridized carbons (Fsp3) is 0.902. The number of aliphatic hydroxyl groups is 5. The molecule has 6 N–H and O–H groups in total. The van der Waals surface area contributed by atoms with E-state index >= 15 is 0 Å². The van der Waals surface area contributed by atoms with Crippen LogP contribution >= 0.6 is 7.82 Å². The highest BCUT2D eigenvalue weighted by Crippen LogP contribution is 2.47. The van der Waals surface area contributed by atoms with Crippen LogP contribution in [0.25, 0.3) is 0 Å². The molecular weight excluding hydrogens is 731 g/mol. The molecule has 1 aliphatic rings. The molecule has 0 aliphatic heterocycles. The fourth-order valence-corrected chi connectivity index (χ4v) is 7.55. The van der Waals surface area contributed by atoms with E-state index < -0.39 is 75.7 Å². The summed E-state index contributed by atoms with van der Waals surface area (Å²) >= 11 is 0. The molecule has 1 saturated carbocycles. The third-order valence-electron chi connectivity index (χ3n) is 10.1. The predicted molar refractivity (Wildman–Crippen MR) is 212 cm³/mol. The van der Waals surface area contributed by atoms with Crippen molar-refractivity contribution in [2.75, 3.05) is 13.2 Å². The maximum atomic E-state index is 12.8. The van der Waals surface area contributed by atoms with Crippen LogP contribution in [-0.4, -0.2) is 98.3 Å². The Morgan fingerprint density at radius 3 is 1.38 bits per heavy atom. The van der Waals surface area contributed by atoms with Gasteiger partial charge < -0.3 is 39.9 Å². The molecule has 14 heteroatoms. The first-order valence-corrected chi connectivity index (χ1v) is 23.0. The summed E-state index contributed by atoms with van der Waals surface area (Å²) in [5.41, 5.74) is 0. The number of ether oxygens (including phenoxy) is 2. The SMILES string of the molecule is CCCCCCCC/C=C\CCCCCCCC(=O)O[C@H](COC(=O)CCCCCCCCCCCCC)COP(=O)(O)OC1C(O)C(O)C(O)[C@@H](O)C1O. The monoisotopic (exact) mass is 809 g/mol. The highest BCUT2D eigenvalue weighted by atomic mass is 31.2. The predicted octanol–water partition coefficient (Wildman–Crippen LogP) is 7.50. The van der Waals surface area contributed by atoms with E-state index in [1.807, 2.05) is 0 Å². The average Bonchev–Trinajstić information content (AvgIpc) is 3.16. The number of aliphatic hydroxyl groups excluding tert-OH is 5. The summed E-state index contributed by atoms with van der Waals surface area (Å²) in [5.74, 6) is -1.10. The van der Waals surface area contributed by atoms with E-state index in [0.717, 1.165) is 57.8 Å². The van der Waals surface area contributed by atoms with E-state index in [9.17, 15) is 44.6 Å². The summed E-state index contributed by atoms with van der Waals surface area (Å²) < 4.78 is 33.4. The van der Waals surface area contributed by atoms with Crippen molar-refractivity contribution in [2.24, 2.45) is 0 Å². The summed E-state index contributed by atoms with van der Waals surface area (Å²) in [6.07, 6.45) is 18.5. The van der Waals surface area contributed by atoms with Gasteiger partial charge in [0.1, 0.15) is 43.2 Å². The number of carbonyl (C=O) groups is 2. The molecule has 1 aliphatic carbocycles. The van der Waals surface area contributed by atoms with Crippen molar-refractivity contribution in [1.29, 1.82) is 0 Å². The van der Waals surface area contributed by atoms with Gasteiger partial charge in [-0.1, -0.05) is 142 Å². The fourth-order valence-electron chi connectivity index (χ4n) is 6.58. The molecule has 0 radical (unpaired) electrons. The lowest BCUT2D eigenvalue weighted by Crippen LogP contribution is -2.64. The van der Waals surface area contributed by atoms with Crippen molar-refractivity contribution < 1.29 is 63.1 Å². The molecule has 0 amide bonds. The van der Waals surface area contributed by atoms with Gasteiger partial charge in [0, 0.05) is 12.8 Å². The second-order valence-corrected chi connectivity index (χ2v) is 16.6. The molecular formula is C41H77O13P. The van der Waals surface area contributed by atoms with Crippen LogP contribution in [0, 0.1) is 0 Å². The van der Waals surface area contributed by atoms with Crippen molar-refractivity contribution in [1.82, 2.24) is 0 Å². The molecule has 13 nitrogen and oxygen atoms in total. The minimum atomic E-state index is -5.11. The number of rotatable bonds is 35. The standard InChI is InChI=1S/C41H77O13P/c1-3-5-7-9-11-13-15-16-17-18-20-22-24-26-28-30-35(43)53-33(31-51-34(42)29-27-25-23-21-19-14-12-10-8-6-4-2)32-52-55(49,50)54-41-39(47)37(45)36(44)38(46)40(41)48/h16-17,33,36-41,44-48H,3-15,18-32H2,1-2H3,(H,49,50)/b17-16-/t33-,36?,37-,38?,39?,40?,41?/m1/s1. The first-order valence-electron chi connectivity index (χ1n) is 21.5. The van der Waals surface area contributed by atoms with E-state index in [2.05, 4.69) is 26.0 Å². The van der Waals surface area contributed by atoms with Crippen molar-refractivity contribution in [3.05, 3.63) is 12.2 Å². The Morgan fingerprint density at radius 2 is 0.927 bits per heavy atom. The summed E-state index contributed by atoms with van der Waals surface area (Å²) in [6, 6.07) is 0. The van der Waals surface area contributed by atoms with E-state index in [0.29, 0.717) is 12.8 Å². The van der Waals surface area contributed by atoms with Crippen LogP contribution in [0.1, 0.15) is 181 Å². The molecule has 1 rings (SSSR count). The zero-order chi connectivity index (χ0) is 40.7. The van der Waals surface area contributed by atoms with E-state index in [4.69, 9.17) is 18.5 Å². The average molecular weight is 809 g/mol. The summed E-state index contributed by atoms with van der Waals surface area (Å²) in [6.45, 7) is 3.27. The van der Waals surface area contributed by atoms with Gasteiger partial charge in [-0.25, -0.2) is 4.57 Å². The van der Waals surface area contributed by atoms with E-state index in [1.165, 1.54) is 83.5 Å². The second kappa shape index (κ2) is 32.5. The Hall–Kier alpha value is -1.41. The lowest BCUT2D eigenvalue weighted by Gasteiger charge is -2.41. The van der Waals surface area contributed by atoms with Crippen molar-refractivity contribution in [3.63, 3.8) is 0 Å². The van der Waals surface area contributed by atoms with Gasteiger partial charge in [0.2, 0.25) is 0 Å². The van der Waals surface area contributed by atoms with Gasteiger partial charge in [0.25, 0.3) is 0 Å². The van der Waals surface area contributed by atoms with E-state index in [-0.39, 0.29) is 12.8 Å². The van der Waals surface area contributed by atoms with Crippen molar-refractivity contribution in [2.45, 2.75) is 224 Å². The molecule has 0 heterocycles. The highest BCUT2D eigenvalue weighted by molar-refractivity contribution is 7.47. The zero-order valence-electron chi connectivity index (χ0n) is 34.0. The lowest BCUT2D eigenvalue weighted by molar-refractivity contribution is -0.220. The summed E-state index contributed by atoms with van der Waals surface area (Å²) in [7, 11) is -5.11. The van der Waals surface area contributed by atoms with Crippen LogP contribution < -0.4 is 0 Å². The van der Waals surface area contributed by atoms with Crippen LogP contribution in [0.3, 0.4) is 0 Å². The van der Waals surface area contributed by atoms with Gasteiger partial charge in [-0.15, -0.1) is 0 Å². The molecule has 0 aromatic carbocycles. The molecule has 6 unspecified atom stereocenters. The second-order valence-electron chi connectivity index (χ2n) is 15.2. The van der Waals surface area contributed by atoms with Gasteiger partial charge in [-0.3, -0.25) is 18.6 Å². The third-order valence-corrected chi connectivity index (χ3v) is 11.1. The van der Waals surface area contributed by atoms with Crippen LogP contribution in [-0.2, 0) is 32.7 Å². The normalized spacial score (nSPS) is 23.1. The minimum Gasteiger partial charge on any atom is -0.462 e. The number of allylic oxidation sites excluding steroid dienone is 2. The van der Waals surface area contributed by atoms with Crippen molar-refractivity contribution >= 4 is 19.8 Å². The first kappa shape index (κ1) is 51.6. The number of carbonyl (C=O) groups excluding carboxylic acids is 2. The Morgan fingerprint density at radius 1 is 0.545 bits per heavy atom. The van der Waals surface area contributed by atoms with Gasteiger partial charge in [0.05, 0.1) is 6.61 Å². The largest absolute Gasteiger partial charge is 0.472 e. The number of esters is 2. The number of phosphoric acid groups is 1. The maximum Gasteiger partial charge on any atom is 0.472 e. The highest BCUT2D eigenvalue weighted by Gasteiger charge is 2.51. The summed E-state index contributed by atoms with van der Waals surface area (Å²) in [4.78, 5) is 35.5. The van der Waals surface area contributed by atoms with Crippen LogP contribution in [0.2, 0.25) is 0 Å². The molecule has 0 aromatic rings. The zero-order valence-corrected chi connectivity index (χ0v) is 34.9. The van der Waals surface area contributed by atoms with Crippen molar-refractivity contribution in [3.8, 4) is 0 Å². The van der Waals surface area contributed by atoms with Gasteiger partial charge >= 0.3 is 19.8 Å². The van der Waals surface area contributed by atoms with Crippen LogP contribution in [0.15, 0.2) is 12.2 Å². The molecule has 0 aromatic heterocycles. The summed E-state index contributed by atoms with van der Waals surface area (Å²) in [5, 5.41) is 50.0. The number of hydrogen-bond donors (Lipinski definition) is 6. The molecule has 0 saturated heterocycles. The number of unbranched alkanes of at least 4 members (excludes halogenated alkanes) is 21. The quantitative estimate of drug-likeness (QED) is 0.0159. The van der Waals surface area contributed by atoms with Crippen LogP contribution in [0.4, 0.5) is 0 Å². The topological polar surface area (TPSA) is 210 Å².